The van der Waals surface area contributed by atoms with Gasteiger partial charge in [-0.2, -0.15) is 0 Å². The first-order valence-electron chi connectivity index (χ1n) is 11.3. The summed E-state index contributed by atoms with van der Waals surface area (Å²) in [6.07, 6.45) is 3.25. The van der Waals surface area contributed by atoms with E-state index in [1.165, 1.54) is 6.20 Å². The van der Waals surface area contributed by atoms with Crippen molar-refractivity contribution in [3.05, 3.63) is 92.9 Å². The van der Waals surface area contributed by atoms with Crippen LogP contribution in [0.25, 0.3) is 17.1 Å². The molecule has 0 saturated heterocycles. The number of hydrogen-bond acceptors (Lipinski definition) is 6. The van der Waals surface area contributed by atoms with Crippen LogP contribution in [0.2, 0.25) is 5.02 Å². The Morgan fingerprint density at radius 1 is 1.06 bits per heavy atom. The van der Waals surface area contributed by atoms with E-state index >= 15 is 0 Å². The summed E-state index contributed by atoms with van der Waals surface area (Å²) in [5.74, 6) is 2.18. The first-order chi connectivity index (χ1) is 16.8. The molecule has 4 rings (SSSR count). The molecule has 3 heterocycles. The number of halogens is 1. The van der Waals surface area contributed by atoms with Gasteiger partial charge in [-0.15, -0.1) is 0 Å². The second-order valence-electron chi connectivity index (χ2n) is 8.53. The molecule has 0 aliphatic carbocycles. The van der Waals surface area contributed by atoms with Crippen LogP contribution >= 0.6 is 11.6 Å². The van der Waals surface area contributed by atoms with Gasteiger partial charge in [-0.05, 0) is 43.7 Å². The van der Waals surface area contributed by atoms with Gasteiger partial charge in [0.25, 0.3) is 5.56 Å². The SMILES string of the molecule is COc1cccc(COc2cc(C)n(-c3cc(-c4ccnc(C(C)C)n4)ncc3Cl)c(=O)c2C)c1. The zero-order chi connectivity index (χ0) is 25.1. The molecule has 3 aromatic heterocycles. The predicted molar refractivity (Wildman–Crippen MR) is 137 cm³/mol. The van der Waals surface area contributed by atoms with Gasteiger partial charge in [-0.25, -0.2) is 9.97 Å². The van der Waals surface area contributed by atoms with Gasteiger partial charge >= 0.3 is 0 Å². The van der Waals surface area contributed by atoms with Gasteiger partial charge in [0.1, 0.15) is 23.9 Å². The first kappa shape index (κ1) is 24.4. The van der Waals surface area contributed by atoms with E-state index in [-0.39, 0.29) is 11.5 Å². The van der Waals surface area contributed by atoms with Crippen LogP contribution in [-0.4, -0.2) is 26.6 Å². The Labute approximate surface area is 209 Å². The van der Waals surface area contributed by atoms with Crippen LogP contribution in [0.15, 0.2) is 59.7 Å². The molecule has 180 valence electrons. The quantitative estimate of drug-likeness (QED) is 0.332. The average molecular weight is 491 g/mol. The molecule has 0 saturated carbocycles. The van der Waals surface area contributed by atoms with E-state index in [1.54, 1.807) is 36.9 Å². The van der Waals surface area contributed by atoms with Gasteiger partial charge in [-0.1, -0.05) is 37.6 Å². The maximum absolute atomic E-state index is 13.4. The Balaban J connectivity index is 1.70. The third kappa shape index (κ3) is 5.20. The number of hydrogen-bond donors (Lipinski definition) is 0. The number of aromatic nitrogens is 4. The normalized spacial score (nSPS) is 11.1. The lowest BCUT2D eigenvalue weighted by Crippen LogP contribution is -2.24. The minimum absolute atomic E-state index is 0.179. The van der Waals surface area contributed by atoms with Crippen LogP contribution < -0.4 is 15.0 Å². The monoisotopic (exact) mass is 490 g/mol. The van der Waals surface area contributed by atoms with Gasteiger partial charge in [0.2, 0.25) is 0 Å². The second-order valence-corrected chi connectivity index (χ2v) is 8.94. The molecule has 0 radical (unpaired) electrons. The number of nitrogens with zero attached hydrogens (tertiary/aromatic N) is 4. The zero-order valence-corrected chi connectivity index (χ0v) is 21.1. The average Bonchev–Trinajstić information content (AvgIpc) is 2.86. The van der Waals surface area contributed by atoms with Gasteiger partial charge < -0.3 is 9.47 Å². The number of methoxy groups -OCH3 is 1. The molecule has 0 amide bonds. The van der Waals surface area contributed by atoms with Crippen molar-refractivity contribution in [3.63, 3.8) is 0 Å². The third-order valence-corrected chi connectivity index (χ3v) is 5.93. The molecule has 0 spiro atoms. The molecule has 1 aromatic carbocycles. The molecule has 8 heteroatoms. The highest BCUT2D eigenvalue weighted by Crippen LogP contribution is 2.27. The summed E-state index contributed by atoms with van der Waals surface area (Å²) in [6.45, 7) is 7.96. The zero-order valence-electron chi connectivity index (χ0n) is 20.4. The van der Waals surface area contributed by atoms with E-state index < -0.39 is 0 Å². The van der Waals surface area contributed by atoms with Gasteiger partial charge in [0.05, 0.1) is 34.8 Å². The maximum atomic E-state index is 13.4. The molecular formula is C27H27ClN4O3. The Kier molecular flexibility index (Phi) is 7.17. The Morgan fingerprint density at radius 3 is 2.60 bits per heavy atom. The molecule has 0 atom stereocenters. The van der Waals surface area contributed by atoms with E-state index in [0.717, 1.165) is 17.1 Å². The topological polar surface area (TPSA) is 79.1 Å². The van der Waals surface area contributed by atoms with Gasteiger partial charge in [0, 0.05) is 30.1 Å². The van der Waals surface area contributed by atoms with Gasteiger partial charge in [-0.3, -0.25) is 14.3 Å². The number of rotatable bonds is 7. The molecule has 0 N–H and O–H groups in total. The van der Waals surface area contributed by atoms with Crippen molar-refractivity contribution in [1.82, 2.24) is 19.5 Å². The minimum Gasteiger partial charge on any atom is -0.497 e. The number of pyridine rings is 2. The highest BCUT2D eigenvalue weighted by molar-refractivity contribution is 6.32. The van der Waals surface area contributed by atoms with Crippen LogP contribution in [-0.2, 0) is 6.61 Å². The maximum Gasteiger partial charge on any atom is 0.261 e. The van der Waals surface area contributed by atoms with Gasteiger partial charge in [0.15, 0.2) is 0 Å². The summed E-state index contributed by atoms with van der Waals surface area (Å²) < 4.78 is 12.8. The Morgan fingerprint density at radius 2 is 1.86 bits per heavy atom. The summed E-state index contributed by atoms with van der Waals surface area (Å²) in [5, 5.41) is 0.363. The van der Waals surface area contributed by atoms with E-state index in [4.69, 9.17) is 21.1 Å². The fraction of sp³-hybridized carbons (Fsp3) is 0.259. The smallest absolute Gasteiger partial charge is 0.261 e. The van der Waals surface area contributed by atoms with Crippen LogP contribution in [0, 0.1) is 13.8 Å². The van der Waals surface area contributed by atoms with E-state index in [1.807, 2.05) is 51.1 Å². The molecule has 0 aliphatic rings. The number of benzene rings is 1. The predicted octanol–water partition coefficient (Wildman–Crippen LogP) is 5.67. The van der Waals surface area contributed by atoms with E-state index in [0.29, 0.717) is 45.7 Å². The van der Waals surface area contributed by atoms with Crippen molar-refractivity contribution in [1.29, 1.82) is 0 Å². The van der Waals surface area contributed by atoms with Crippen molar-refractivity contribution in [2.75, 3.05) is 7.11 Å². The van der Waals surface area contributed by atoms with Crippen molar-refractivity contribution in [2.45, 2.75) is 40.2 Å². The Hall–Kier alpha value is -3.71. The van der Waals surface area contributed by atoms with E-state index in [2.05, 4.69) is 15.0 Å². The molecule has 4 aromatic rings. The summed E-state index contributed by atoms with van der Waals surface area (Å²) in [6, 6.07) is 13.0. The number of aryl methyl sites for hydroxylation is 1. The lowest BCUT2D eigenvalue weighted by atomic mass is 10.1. The van der Waals surface area contributed by atoms with E-state index in [9.17, 15) is 4.79 Å². The minimum atomic E-state index is -0.213. The molecule has 0 unspecified atom stereocenters. The second kappa shape index (κ2) is 10.3. The molecule has 0 fully saturated rings. The van der Waals surface area contributed by atoms with Crippen LogP contribution in [0.3, 0.4) is 0 Å². The lowest BCUT2D eigenvalue weighted by molar-refractivity contribution is 0.301. The summed E-state index contributed by atoms with van der Waals surface area (Å²) in [7, 11) is 1.62. The van der Waals surface area contributed by atoms with Crippen molar-refractivity contribution >= 4 is 11.6 Å². The molecule has 0 aliphatic heterocycles. The summed E-state index contributed by atoms with van der Waals surface area (Å²) in [4.78, 5) is 26.8. The summed E-state index contributed by atoms with van der Waals surface area (Å²) in [5.41, 5.74) is 3.71. The van der Waals surface area contributed by atoms with Crippen molar-refractivity contribution in [2.24, 2.45) is 0 Å². The number of ether oxygens (including phenoxy) is 2. The highest BCUT2D eigenvalue weighted by atomic mass is 35.5. The molecule has 7 nitrogen and oxygen atoms in total. The Bertz CT molecular complexity index is 1430. The van der Waals surface area contributed by atoms with Crippen molar-refractivity contribution in [3.8, 4) is 28.6 Å². The largest absolute Gasteiger partial charge is 0.497 e. The molecular weight excluding hydrogens is 464 g/mol. The standard InChI is InChI=1S/C27H27ClN4O3/c1-16(2)26-29-10-9-22(31-26)23-13-24(21(28)14-30-23)32-17(3)11-25(18(4)27(32)33)35-15-19-7-6-8-20(12-19)34-5/h6-14,16H,15H2,1-5H3. The van der Waals surface area contributed by atoms with Crippen LogP contribution in [0.5, 0.6) is 11.5 Å². The first-order valence-corrected chi connectivity index (χ1v) is 11.6. The van der Waals surface area contributed by atoms with Crippen molar-refractivity contribution < 1.29 is 9.47 Å². The summed E-state index contributed by atoms with van der Waals surface area (Å²) >= 11 is 6.51. The molecule has 0 bridgehead atoms. The molecule has 35 heavy (non-hydrogen) atoms. The fourth-order valence-electron chi connectivity index (χ4n) is 3.70. The van der Waals surface area contributed by atoms with Crippen LogP contribution in [0.4, 0.5) is 0 Å². The fourth-order valence-corrected chi connectivity index (χ4v) is 3.89. The third-order valence-electron chi connectivity index (χ3n) is 5.64. The van der Waals surface area contributed by atoms with Crippen LogP contribution in [0.1, 0.15) is 42.4 Å². The lowest BCUT2D eigenvalue weighted by Gasteiger charge is -2.17. The highest BCUT2D eigenvalue weighted by Gasteiger charge is 2.17.